The topological polar surface area (TPSA) is 12.5 Å². The van der Waals surface area contributed by atoms with Gasteiger partial charge in [0.2, 0.25) is 0 Å². The molecule has 80 valence electrons. The van der Waals surface area contributed by atoms with Crippen molar-refractivity contribution >= 4 is 5.57 Å². The Morgan fingerprint density at radius 2 is 2.07 bits per heavy atom. The number of para-hydroxylation sites is 1. The number of methoxy groups -OCH3 is 1. The van der Waals surface area contributed by atoms with Gasteiger partial charge in [0.25, 0.3) is 0 Å². The maximum Gasteiger partial charge on any atom is 0.126 e. The smallest absolute Gasteiger partial charge is 0.126 e. The van der Waals surface area contributed by atoms with Crippen LogP contribution in [0.25, 0.3) is 5.57 Å². The van der Waals surface area contributed by atoms with Gasteiger partial charge in [-0.05, 0) is 25.1 Å². The van der Waals surface area contributed by atoms with Crippen LogP contribution in [-0.4, -0.2) is 32.1 Å². The van der Waals surface area contributed by atoms with Gasteiger partial charge in [-0.2, -0.15) is 0 Å². The van der Waals surface area contributed by atoms with Gasteiger partial charge in [0.1, 0.15) is 5.75 Å². The number of hydrogen-bond donors (Lipinski definition) is 0. The van der Waals surface area contributed by atoms with E-state index in [1.54, 1.807) is 7.11 Å². The standard InChI is InChI=1S/C13H17NO/c1-14-9-7-11(8-10-14)12-5-3-4-6-13(12)15-2/h3-7H,8-10H2,1-2H3. The average molecular weight is 203 g/mol. The first kappa shape index (κ1) is 10.2. The minimum Gasteiger partial charge on any atom is -0.496 e. The van der Waals surface area contributed by atoms with E-state index in [1.807, 2.05) is 12.1 Å². The highest BCUT2D eigenvalue weighted by Gasteiger charge is 2.12. The highest BCUT2D eigenvalue weighted by atomic mass is 16.5. The predicted molar refractivity (Wildman–Crippen MR) is 63.1 cm³/mol. The average Bonchev–Trinajstić information content (AvgIpc) is 2.30. The van der Waals surface area contributed by atoms with E-state index in [0.29, 0.717) is 0 Å². The zero-order chi connectivity index (χ0) is 10.7. The summed E-state index contributed by atoms with van der Waals surface area (Å²) in [4.78, 5) is 2.32. The summed E-state index contributed by atoms with van der Waals surface area (Å²) in [7, 11) is 3.88. The SMILES string of the molecule is COc1ccccc1C1=CCN(C)CC1. The van der Waals surface area contributed by atoms with Crippen LogP contribution in [0.2, 0.25) is 0 Å². The lowest BCUT2D eigenvalue weighted by Crippen LogP contribution is -2.23. The van der Waals surface area contributed by atoms with Crippen LogP contribution in [0.5, 0.6) is 5.75 Å². The lowest BCUT2D eigenvalue weighted by Gasteiger charge is -2.22. The van der Waals surface area contributed by atoms with Crippen LogP contribution in [0.1, 0.15) is 12.0 Å². The van der Waals surface area contributed by atoms with Crippen LogP contribution in [0.15, 0.2) is 30.3 Å². The molecule has 0 aromatic heterocycles. The van der Waals surface area contributed by atoms with Gasteiger partial charge >= 0.3 is 0 Å². The van der Waals surface area contributed by atoms with Crippen molar-refractivity contribution in [1.82, 2.24) is 4.90 Å². The third kappa shape index (κ3) is 2.21. The van der Waals surface area contributed by atoms with E-state index < -0.39 is 0 Å². The van der Waals surface area contributed by atoms with Crippen molar-refractivity contribution in [2.45, 2.75) is 6.42 Å². The number of benzene rings is 1. The molecule has 1 heterocycles. The van der Waals surface area contributed by atoms with E-state index in [4.69, 9.17) is 4.74 Å². The molecule has 0 radical (unpaired) electrons. The minimum absolute atomic E-state index is 0.980. The summed E-state index contributed by atoms with van der Waals surface area (Å²) in [5.41, 5.74) is 2.65. The van der Waals surface area contributed by atoms with Crippen molar-refractivity contribution in [3.05, 3.63) is 35.9 Å². The fourth-order valence-electron chi connectivity index (χ4n) is 1.93. The van der Waals surface area contributed by atoms with Crippen molar-refractivity contribution < 1.29 is 4.74 Å². The molecule has 1 aromatic rings. The van der Waals surface area contributed by atoms with E-state index in [1.165, 1.54) is 11.1 Å². The molecule has 2 rings (SSSR count). The second kappa shape index (κ2) is 4.49. The molecule has 2 heteroatoms. The molecule has 0 amide bonds. The molecule has 0 saturated heterocycles. The predicted octanol–water partition coefficient (Wildman–Crippen LogP) is 2.41. The van der Waals surface area contributed by atoms with E-state index in [9.17, 15) is 0 Å². The van der Waals surface area contributed by atoms with Crippen LogP contribution in [0.3, 0.4) is 0 Å². The first-order chi connectivity index (χ1) is 7.31. The quantitative estimate of drug-likeness (QED) is 0.732. The Kier molecular flexibility index (Phi) is 3.07. The molecule has 0 saturated carbocycles. The molecule has 0 unspecified atom stereocenters. The molecule has 0 spiro atoms. The Labute approximate surface area is 91.2 Å². The van der Waals surface area contributed by atoms with Gasteiger partial charge in [-0.25, -0.2) is 0 Å². The molecule has 0 bridgehead atoms. The third-order valence-corrected chi connectivity index (χ3v) is 2.87. The van der Waals surface area contributed by atoms with Crippen LogP contribution in [0.4, 0.5) is 0 Å². The molecule has 15 heavy (non-hydrogen) atoms. The van der Waals surface area contributed by atoms with Gasteiger partial charge in [-0.3, -0.25) is 0 Å². The van der Waals surface area contributed by atoms with Gasteiger partial charge in [0.15, 0.2) is 0 Å². The Balaban J connectivity index is 2.29. The molecule has 0 N–H and O–H groups in total. The molecule has 0 fully saturated rings. The Bertz CT molecular complexity index is 371. The van der Waals surface area contributed by atoms with Crippen molar-refractivity contribution in [2.24, 2.45) is 0 Å². The van der Waals surface area contributed by atoms with Crippen molar-refractivity contribution in [3.8, 4) is 5.75 Å². The second-order valence-corrected chi connectivity index (χ2v) is 3.94. The number of hydrogen-bond acceptors (Lipinski definition) is 2. The van der Waals surface area contributed by atoms with Crippen LogP contribution in [-0.2, 0) is 0 Å². The monoisotopic (exact) mass is 203 g/mol. The maximum atomic E-state index is 5.37. The normalized spacial score (nSPS) is 17.3. The zero-order valence-corrected chi connectivity index (χ0v) is 9.36. The Morgan fingerprint density at radius 3 is 2.73 bits per heavy atom. The van der Waals surface area contributed by atoms with E-state index in [-0.39, 0.29) is 0 Å². The van der Waals surface area contributed by atoms with Crippen LogP contribution >= 0.6 is 0 Å². The van der Waals surface area contributed by atoms with Gasteiger partial charge < -0.3 is 9.64 Å². The van der Waals surface area contributed by atoms with E-state index >= 15 is 0 Å². The summed E-state index contributed by atoms with van der Waals surface area (Å²) >= 11 is 0. The molecule has 2 nitrogen and oxygen atoms in total. The summed E-state index contributed by atoms with van der Waals surface area (Å²) in [6.07, 6.45) is 3.40. The molecule has 1 aromatic carbocycles. The molecule has 0 atom stereocenters. The minimum atomic E-state index is 0.980. The maximum absolute atomic E-state index is 5.37. The highest BCUT2D eigenvalue weighted by molar-refractivity contribution is 5.71. The lowest BCUT2D eigenvalue weighted by molar-refractivity contribution is 0.369. The molecular formula is C13H17NO. The third-order valence-electron chi connectivity index (χ3n) is 2.87. The summed E-state index contributed by atoms with van der Waals surface area (Å²) in [5, 5.41) is 0. The first-order valence-electron chi connectivity index (χ1n) is 5.32. The van der Waals surface area contributed by atoms with Crippen molar-refractivity contribution in [3.63, 3.8) is 0 Å². The molecular weight excluding hydrogens is 186 g/mol. The number of likely N-dealkylation sites (N-methyl/N-ethyl adjacent to an activating group) is 1. The number of ether oxygens (including phenoxy) is 1. The summed E-state index contributed by atoms with van der Waals surface area (Å²) in [6.45, 7) is 2.16. The zero-order valence-electron chi connectivity index (χ0n) is 9.36. The van der Waals surface area contributed by atoms with E-state index in [0.717, 1.165) is 25.3 Å². The van der Waals surface area contributed by atoms with Gasteiger partial charge in [-0.15, -0.1) is 0 Å². The van der Waals surface area contributed by atoms with Crippen LogP contribution in [0, 0.1) is 0 Å². The molecule has 0 aliphatic carbocycles. The number of nitrogens with zero attached hydrogens (tertiary/aromatic N) is 1. The molecule has 1 aliphatic heterocycles. The van der Waals surface area contributed by atoms with Gasteiger partial charge in [0.05, 0.1) is 7.11 Å². The van der Waals surface area contributed by atoms with Gasteiger partial charge in [-0.1, -0.05) is 24.3 Å². The number of rotatable bonds is 2. The Morgan fingerprint density at radius 1 is 1.27 bits per heavy atom. The first-order valence-corrected chi connectivity index (χ1v) is 5.32. The highest BCUT2D eigenvalue weighted by Crippen LogP contribution is 2.29. The van der Waals surface area contributed by atoms with Crippen LogP contribution < -0.4 is 4.74 Å². The molecule has 1 aliphatic rings. The van der Waals surface area contributed by atoms with Crippen molar-refractivity contribution in [2.75, 3.05) is 27.2 Å². The largest absolute Gasteiger partial charge is 0.496 e. The summed E-state index contributed by atoms with van der Waals surface area (Å²) < 4.78 is 5.37. The van der Waals surface area contributed by atoms with E-state index in [2.05, 4.69) is 30.2 Å². The van der Waals surface area contributed by atoms with Crippen molar-refractivity contribution in [1.29, 1.82) is 0 Å². The fourth-order valence-corrected chi connectivity index (χ4v) is 1.93. The summed E-state index contributed by atoms with van der Waals surface area (Å²) in [6, 6.07) is 8.24. The summed E-state index contributed by atoms with van der Waals surface area (Å²) in [5.74, 6) is 0.980. The fraction of sp³-hybridized carbons (Fsp3) is 0.385. The lowest BCUT2D eigenvalue weighted by atomic mass is 9.99. The second-order valence-electron chi connectivity index (χ2n) is 3.94. The van der Waals surface area contributed by atoms with Gasteiger partial charge in [0, 0.05) is 18.7 Å². The Hall–Kier alpha value is -1.28.